The number of aromatic nitrogens is 2. The Morgan fingerprint density at radius 2 is 1.72 bits per heavy atom. The van der Waals surface area contributed by atoms with Crippen LogP contribution in [0.4, 0.5) is 5.69 Å². The summed E-state index contributed by atoms with van der Waals surface area (Å²) in [6.07, 6.45) is 0.506. The number of H-pyrrole nitrogens is 1. The number of fused-ring (bicyclic) bond motifs is 1. The fourth-order valence-electron chi connectivity index (χ4n) is 3.10. The van der Waals surface area contributed by atoms with Gasteiger partial charge >= 0.3 is 0 Å². The average Bonchev–Trinajstić information content (AvgIpc) is 2.73. The van der Waals surface area contributed by atoms with Crippen molar-refractivity contribution in [2.75, 3.05) is 18.4 Å². The highest BCUT2D eigenvalue weighted by atomic mass is 16.2. The molecular weight excluding hydrogens is 368 g/mol. The van der Waals surface area contributed by atoms with Crippen molar-refractivity contribution in [1.29, 1.82) is 0 Å². The molecule has 0 aliphatic heterocycles. The van der Waals surface area contributed by atoms with Crippen LogP contribution in [0.2, 0.25) is 0 Å². The number of aromatic amines is 1. The third-order valence-electron chi connectivity index (χ3n) is 4.72. The van der Waals surface area contributed by atoms with E-state index >= 15 is 0 Å². The van der Waals surface area contributed by atoms with Crippen LogP contribution in [0.25, 0.3) is 10.9 Å². The van der Waals surface area contributed by atoms with Crippen molar-refractivity contribution in [3.63, 3.8) is 0 Å². The number of rotatable bonds is 7. The lowest BCUT2D eigenvalue weighted by Crippen LogP contribution is -2.30. The van der Waals surface area contributed by atoms with Gasteiger partial charge in [0.25, 0.3) is 11.5 Å². The van der Waals surface area contributed by atoms with Crippen molar-refractivity contribution < 1.29 is 9.59 Å². The number of amides is 2. The summed E-state index contributed by atoms with van der Waals surface area (Å²) < 4.78 is 0. The van der Waals surface area contributed by atoms with Crippen LogP contribution in [-0.4, -0.2) is 39.8 Å². The van der Waals surface area contributed by atoms with E-state index in [4.69, 9.17) is 0 Å². The molecule has 0 spiro atoms. The Hall–Kier alpha value is -3.48. The zero-order valence-electron chi connectivity index (χ0n) is 16.6. The van der Waals surface area contributed by atoms with Crippen LogP contribution in [0.1, 0.15) is 36.5 Å². The molecule has 0 fully saturated rings. The number of carbonyl (C=O) groups is 2. The third-order valence-corrected chi connectivity index (χ3v) is 4.72. The molecule has 0 aliphatic carbocycles. The van der Waals surface area contributed by atoms with E-state index in [0.29, 0.717) is 47.5 Å². The molecule has 150 valence electrons. The van der Waals surface area contributed by atoms with Crippen molar-refractivity contribution in [2.24, 2.45) is 0 Å². The van der Waals surface area contributed by atoms with Gasteiger partial charge in [0.15, 0.2) is 0 Å². The lowest BCUT2D eigenvalue weighted by Gasteiger charge is -2.18. The highest BCUT2D eigenvalue weighted by Crippen LogP contribution is 2.13. The van der Waals surface area contributed by atoms with Gasteiger partial charge in [-0.05, 0) is 50.2 Å². The van der Waals surface area contributed by atoms with Crippen molar-refractivity contribution in [1.82, 2.24) is 14.9 Å². The lowest BCUT2D eigenvalue weighted by molar-refractivity contribution is -0.116. The molecule has 0 unspecified atom stereocenters. The largest absolute Gasteiger partial charge is 0.339 e. The minimum atomic E-state index is -0.209. The van der Waals surface area contributed by atoms with Crippen LogP contribution < -0.4 is 10.9 Å². The fraction of sp³-hybridized carbons (Fsp3) is 0.273. The maximum atomic E-state index is 12.3. The fourth-order valence-corrected chi connectivity index (χ4v) is 3.10. The zero-order valence-corrected chi connectivity index (χ0v) is 16.6. The van der Waals surface area contributed by atoms with Gasteiger partial charge in [-0.2, -0.15) is 0 Å². The first-order valence-corrected chi connectivity index (χ1v) is 9.69. The minimum absolute atomic E-state index is 0.0285. The second-order valence-electron chi connectivity index (χ2n) is 6.63. The van der Waals surface area contributed by atoms with Crippen LogP contribution >= 0.6 is 0 Å². The molecule has 7 heteroatoms. The van der Waals surface area contributed by atoms with Crippen LogP contribution in [0.5, 0.6) is 0 Å². The summed E-state index contributed by atoms with van der Waals surface area (Å²) in [5.74, 6) is 0.256. The summed E-state index contributed by atoms with van der Waals surface area (Å²) in [5.41, 5.74) is 1.61. The molecule has 0 aliphatic rings. The first-order chi connectivity index (χ1) is 14.0. The van der Waals surface area contributed by atoms with Gasteiger partial charge in [-0.1, -0.05) is 12.1 Å². The van der Waals surface area contributed by atoms with Gasteiger partial charge in [-0.15, -0.1) is 0 Å². The molecule has 2 aromatic carbocycles. The number of para-hydroxylation sites is 1. The molecular formula is C22H24N4O3. The van der Waals surface area contributed by atoms with Crippen LogP contribution in [0, 0.1) is 0 Å². The Bertz CT molecular complexity index is 1070. The molecule has 0 radical (unpaired) electrons. The molecule has 1 heterocycles. The Morgan fingerprint density at radius 3 is 2.41 bits per heavy atom. The Kier molecular flexibility index (Phi) is 6.39. The van der Waals surface area contributed by atoms with E-state index in [2.05, 4.69) is 15.3 Å². The summed E-state index contributed by atoms with van der Waals surface area (Å²) in [6.45, 7) is 5.18. The van der Waals surface area contributed by atoms with Crippen LogP contribution in [-0.2, 0) is 11.2 Å². The summed E-state index contributed by atoms with van der Waals surface area (Å²) in [5, 5.41) is 3.33. The molecule has 2 amide bonds. The predicted octanol–water partition coefficient (Wildman–Crippen LogP) is 2.98. The van der Waals surface area contributed by atoms with E-state index in [0.717, 1.165) is 0 Å². The van der Waals surface area contributed by atoms with E-state index in [-0.39, 0.29) is 23.8 Å². The molecule has 0 saturated carbocycles. The topological polar surface area (TPSA) is 95.2 Å². The normalized spacial score (nSPS) is 10.7. The van der Waals surface area contributed by atoms with Crippen molar-refractivity contribution in [3.8, 4) is 0 Å². The number of nitrogens with zero attached hydrogens (tertiary/aromatic N) is 2. The molecule has 7 nitrogen and oxygen atoms in total. The van der Waals surface area contributed by atoms with Gasteiger partial charge in [0.05, 0.1) is 10.9 Å². The second kappa shape index (κ2) is 9.14. The van der Waals surface area contributed by atoms with Gasteiger partial charge in [0, 0.05) is 37.2 Å². The van der Waals surface area contributed by atoms with Gasteiger partial charge in [0.1, 0.15) is 5.82 Å². The molecule has 0 saturated heterocycles. The Balaban J connectivity index is 1.60. The van der Waals surface area contributed by atoms with E-state index in [9.17, 15) is 14.4 Å². The standard InChI is InChI=1S/C22H24N4O3/c1-3-26(4-2)22(29)15-9-11-16(12-10-15)23-20(27)14-13-19-24-18-8-6-5-7-17(18)21(28)25-19/h5-12H,3-4,13-14H2,1-2H3,(H,23,27)(H,24,25,28). The van der Waals surface area contributed by atoms with E-state index in [1.165, 1.54) is 0 Å². The minimum Gasteiger partial charge on any atom is -0.339 e. The molecule has 29 heavy (non-hydrogen) atoms. The first kappa shape index (κ1) is 20.3. The second-order valence-corrected chi connectivity index (χ2v) is 6.63. The highest BCUT2D eigenvalue weighted by molar-refractivity contribution is 5.95. The van der Waals surface area contributed by atoms with Crippen molar-refractivity contribution >= 4 is 28.4 Å². The number of anilines is 1. The Morgan fingerprint density at radius 1 is 1.03 bits per heavy atom. The molecule has 3 aromatic rings. The summed E-state index contributed by atoms with van der Waals surface area (Å²) >= 11 is 0. The maximum Gasteiger partial charge on any atom is 0.258 e. The maximum absolute atomic E-state index is 12.3. The van der Waals surface area contributed by atoms with Crippen LogP contribution in [0.15, 0.2) is 53.3 Å². The number of hydrogen-bond donors (Lipinski definition) is 2. The smallest absolute Gasteiger partial charge is 0.258 e. The summed E-state index contributed by atoms with van der Waals surface area (Å²) in [7, 11) is 0. The number of hydrogen-bond acceptors (Lipinski definition) is 4. The van der Waals surface area contributed by atoms with Crippen molar-refractivity contribution in [2.45, 2.75) is 26.7 Å². The summed E-state index contributed by atoms with van der Waals surface area (Å²) in [6, 6.07) is 13.9. The number of aryl methyl sites for hydroxylation is 1. The predicted molar refractivity (Wildman–Crippen MR) is 113 cm³/mol. The number of benzene rings is 2. The van der Waals surface area contributed by atoms with E-state index < -0.39 is 0 Å². The van der Waals surface area contributed by atoms with E-state index in [1.54, 1.807) is 47.4 Å². The van der Waals surface area contributed by atoms with Gasteiger partial charge < -0.3 is 15.2 Å². The number of carbonyl (C=O) groups excluding carboxylic acids is 2. The van der Waals surface area contributed by atoms with Gasteiger partial charge in [-0.3, -0.25) is 14.4 Å². The molecule has 1 aromatic heterocycles. The quantitative estimate of drug-likeness (QED) is 0.646. The van der Waals surface area contributed by atoms with Gasteiger partial charge in [0.2, 0.25) is 5.91 Å². The molecule has 2 N–H and O–H groups in total. The highest BCUT2D eigenvalue weighted by Gasteiger charge is 2.12. The van der Waals surface area contributed by atoms with Crippen LogP contribution in [0.3, 0.4) is 0 Å². The molecule has 3 rings (SSSR count). The SMILES string of the molecule is CCN(CC)C(=O)c1ccc(NC(=O)CCc2nc3ccccc3c(=O)[nH]2)cc1. The third kappa shape index (κ3) is 4.87. The summed E-state index contributed by atoms with van der Waals surface area (Å²) in [4.78, 5) is 45.5. The average molecular weight is 392 g/mol. The monoisotopic (exact) mass is 392 g/mol. The van der Waals surface area contributed by atoms with Gasteiger partial charge in [-0.25, -0.2) is 4.98 Å². The Labute approximate surface area is 168 Å². The molecule has 0 atom stereocenters. The van der Waals surface area contributed by atoms with E-state index in [1.807, 2.05) is 19.9 Å². The lowest BCUT2D eigenvalue weighted by atomic mass is 10.1. The zero-order chi connectivity index (χ0) is 20.8. The van der Waals surface area contributed by atoms with Crippen molar-refractivity contribution in [3.05, 3.63) is 70.3 Å². The molecule has 0 bridgehead atoms. The number of nitrogens with one attached hydrogen (secondary N) is 2. The first-order valence-electron chi connectivity index (χ1n) is 9.69.